The molecule has 9 heteroatoms. The zero-order valence-corrected chi connectivity index (χ0v) is 13.2. The maximum atomic E-state index is 12.4. The zero-order valence-electron chi connectivity index (χ0n) is 12.4. The van der Waals surface area contributed by atoms with Gasteiger partial charge >= 0.3 is 6.09 Å². The van der Waals surface area contributed by atoms with Crippen molar-refractivity contribution < 1.29 is 23.1 Å². The number of hydrogen-bond acceptors (Lipinski definition) is 5. The molecule has 0 saturated carbocycles. The van der Waals surface area contributed by atoms with E-state index < -0.39 is 27.6 Å². The zero-order chi connectivity index (χ0) is 16.9. The van der Waals surface area contributed by atoms with Gasteiger partial charge in [-0.15, -0.1) is 0 Å². The second kappa shape index (κ2) is 6.97. The monoisotopic (exact) mass is 341 g/mol. The van der Waals surface area contributed by atoms with Crippen molar-refractivity contribution in [2.75, 3.05) is 13.1 Å². The van der Waals surface area contributed by atoms with Gasteiger partial charge in [0.1, 0.15) is 5.54 Å². The molecule has 2 rings (SSSR count). The summed E-state index contributed by atoms with van der Waals surface area (Å²) in [7, 11) is -3.91. The highest BCUT2D eigenvalue weighted by atomic mass is 32.2. The molecule has 1 saturated heterocycles. The number of carbonyl (C=O) groups excluding carboxylic acids is 1. The van der Waals surface area contributed by atoms with Crippen LogP contribution in [0.2, 0.25) is 0 Å². The lowest BCUT2D eigenvalue weighted by atomic mass is 9.88. The molecule has 1 aromatic carbocycles. The van der Waals surface area contributed by atoms with Crippen LogP contribution < -0.4 is 15.4 Å². The second-order valence-corrected chi connectivity index (χ2v) is 7.16. The summed E-state index contributed by atoms with van der Waals surface area (Å²) in [4.78, 5) is 23.4. The first kappa shape index (κ1) is 17.2. The fourth-order valence-electron chi connectivity index (χ4n) is 2.54. The number of nitrogens with one attached hydrogen (secondary N) is 3. The summed E-state index contributed by atoms with van der Waals surface area (Å²) >= 11 is 0. The van der Waals surface area contributed by atoms with Crippen molar-refractivity contribution in [1.29, 1.82) is 0 Å². The van der Waals surface area contributed by atoms with Gasteiger partial charge in [0.2, 0.25) is 10.0 Å². The normalized spacial score (nSPS) is 17.2. The molecule has 0 aliphatic carbocycles. The average molecular weight is 341 g/mol. The van der Waals surface area contributed by atoms with E-state index in [1.54, 1.807) is 30.3 Å². The smallest absolute Gasteiger partial charge is 0.405 e. The van der Waals surface area contributed by atoms with Crippen LogP contribution in [-0.2, 0) is 20.6 Å². The third kappa shape index (κ3) is 4.67. The van der Waals surface area contributed by atoms with Crippen LogP contribution in [0.25, 0.3) is 0 Å². The van der Waals surface area contributed by atoms with Crippen molar-refractivity contribution in [1.82, 2.24) is 15.4 Å². The number of benzene rings is 1. The molecule has 2 amide bonds. The summed E-state index contributed by atoms with van der Waals surface area (Å²) in [6.07, 6.45) is -0.986. The van der Waals surface area contributed by atoms with Crippen molar-refractivity contribution in [3.8, 4) is 0 Å². The fourth-order valence-corrected chi connectivity index (χ4v) is 3.72. The van der Waals surface area contributed by atoms with E-state index in [1.165, 1.54) is 0 Å². The molecule has 1 aromatic rings. The van der Waals surface area contributed by atoms with E-state index in [1.807, 2.05) is 4.72 Å². The van der Waals surface area contributed by atoms with E-state index in [2.05, 4.69) is 10.6 Å². The molecule has 23 heavy (non-hydrogen) atoms. The van der Waals surface area contributed by atoms with Crippen molar-refractivity contribution >= 4 is 22.0 Å². The van der Waals surface area contributed by atoms with Gasteiger partial charge in [-0.3, -0.25) is 9.52 Å². The van der Waals surface area contributed by atoms with E-state index >= 15 is 0 Å². The van der Waals surface area contributed by atoms with E-state index in [-0.39, 0.29) is 18.6 Å². The number of sulfonamides is 1. The molecule has 1 fully saturated rings. The highest BCUT2D eigenvalue weighted by Crippen LogP contribution is 2.19. The largest absolute Gasteiger partial charge is 0.465 e. The van der Waals surface area contributed by atoms with Gasteiger partial charge < -0.3 is 15.7 Å². The van der Waals surface area contributed by atoms with Crippen LogP contribution in [-0.4, -0.2) is 44.2 Å². The number of amides is 2. The summed E-state index contributed by atoms with van der Waals surface area (Å²) in [6.45, 7) is 0.846. The molecular formula is C14H19N3O5S. The predicted molar refractivity (Wildman–Crippen MR) is 83.2 cm³/mol. The van der Waals surface area contributed by atoms with Crippen LogP contribution in [0.5, 0.6) is 0 Å². The van der Waals surface area contributed by atoms with Crippen LogP contribution in [0.1, 0.15) is 18.4 Å². The molecule has 8 nitrogen and oxygen atoms in total. The predicted octanol–water partition coefficient (Wildman–Crippen LogP) is 0.0224. The van der Waals surface area contributed by atoms with Crippen molar-refractivity contribution in [3.05, 3.63) is 35.9 Å². The van der Waals surface area contributed by atoms with E-state index in [4.69, 9.17) is 5.11 Å². The van der Waals surface area contributed by atoms with Crippen molar-refractivity contribution in [3.63, 3.8) is 0 Å². The molecule has 0 spiro atoms. The first-order valence-corrected chi connectivity index (χ1v) is 8.79. The summed E-state index contributed by atoms with van der Waals surface area (Å²) in [5, 5.41) is 14.1. The number of piperidine rings is 1. The molecule has 0 atom stereocenters. The van der Waals surface area contributed by atoms with E-state index in [9.17, 15) is 18.0 Å². The Balaban J connectivity index is 2.12. The van der Waals surface area contributed by atoms with Crippen LogP contribution in [0, 0.1) is 0 Å². The van der Waals surface area contributed by atoms with Gasteiger partial charge in [-0.1, -0.05) is 30.3 Å². The second-order valence-electron chi connectivity index (χ2n) is 5.44. The van der Waals surface area contributed by atoms with Crippen LogP contribution in [0.4, 0.5) is 4.79 Å². The molecule has 0 unspecified atom stereocenters. The van der Waals surface area contributed by atoms with Crippen LogP contribution in [0.15, 0.2) is 30.3 Å². The quantitative estimate of drug-likeness (QED) is 0.598. The summed E-state index contributed by atoms with van der Waals surface area (Å²) < 4.78 is 26.3. The van der Waals surface area contributed by atoms with Gasteiger partial charge in [-0.2, -0.15) is 0 Å². The Morgan fingerprint density at radius 3 is 2.35 bits per heavy atom. The van der Waals surface area contributed by atoms with Gasteiger partial charge in [0, 0.05) is 0 Å². The highest BCUT2D eigenvalue weighted by molar-refractivity contribution is 7.89. The third-order valence-electron chi connectivity index (χ3n) is 3.69. The molecule has 126 valence electrons. The molecule has 4 N–H and O–H groups in total. The van der Waals surface area contributed by atoms with Gasteiger partial charge in [-0.05, 0) is 31.5 Å². The van der Waals surface area contributed by atoms with E-state index in [0.717, 1.165) is 0 Å². The Bertz CT molecular complexity index is 669. The van der Waals surface area contributed by atoms with Crippen molar-refractivity contribution in [2.45, 2.75) is 24.1 Å². The first-order chi connectivity index (χ1) is 10.8. The van der Waals surface area contributed by atoms with E-state index in [0.29, 0.717) is 18.7 Å². The Hall–Kier alpha value is -2.13. The maximum absolute atomic E-state index is 12.4. The first-order valence-electron chi connectivity index (χ1n) is 7.14. The average Bonchev–Trinajstić information content (AvgIpc) is 2.47. The molecule has 0 bridgehead atoms. The van der Waals surface area contributed by atoms with Crippen molar-refractivity contribution in [2.24, 2.45) is 0 Å². The number of carbonyl (C=O) groups is 2. The maximum Gasteiger partial charge on any atom is 0.405 e. The number of hydrogen-bond donors (Lipinski definition) is 4. The molecular weight excluding hydrogens is 322 g/mol. The van der Waals surface area contributed by atoms with Gasteiger partial charge in [0.05, 0.1) is 5.75 Å². The Labute approximate surface area is 134 Å². The number of rotatable bonds is 5. The topological polar surface area (TPSA) is 125 Å². The minimum absolute atomic E-state index is 0.186. The highest BCUT2D eigenvalue weighted by Gasteiger charge is 2.42. The SMILES string of the molecule is O=C(O)NC1(C(=O)NS(=O)(=O)Cc2ccccc2)CCNCC1. The molecule has 1 heterocycles. The van der Waals surface area contributed by atoms with Gasteiger partial charge in [-0.25, -0.2) is 13.2 Å². The molecule has 0 radical (unpaired) electrons. The number of carboxylic acid groups (broad SMARTS) is 1. The standard InChI is InChI=1S/C14H19N3O5S/c18-12(14(16-13(19)20)6-8-15-9-7-14)17-23(21,22)10-11-4-2-1-3-5-11/h1-5,15-16H,6-10H2,(H,17,18)(H,19,20). The fraction of sp³-hybridized carbons (Fsp3) is 0.429. The minimum atomic E-state index is -3.91. The lowest BCUT2D eigenvalue weighted by molar-refractivity contribution is -0.126. The van der Waals surface area contributed by atoms with Crippen LogP contribution in [0.3, 0.4) is 0 Å². The van der Waals surface area contributed by atoms with Gasteiger partial charge in [0.15, 0.2) is 0 Å². The lowest BCUT2D eigenvalue weighted by Crippen LogP contribution is -2.63. The van der Waals surface area contributed by atoms with Crippen LogP contribution >= 0.6 is 0 Å². The Morgan fingerprint density at radius 2 is 1.78 bits per heavy atom. The molecule has 0 aromatic heterocycles. The third-order valence-corrected chi connectivity index (χ3v) is 4.90. The molecule has 1 aliphatic heterocycles. The summed E-state index contributed by atoms with van der Waals surface area (Å²) in [5.74, 6) is -1.18. The molecule has 1 aliphatic rings. The Morgan fingerprint density at radius 1 is 1.17 bits per heavy atom. The summed E-state index contributed by atoms with van der Waals surface area (Å²) in [5.41, 5.74) is -0.890. The lowest BCUT2D eigenvalue weighted by Gasteiger charge is -2.35. The summed E-state index contributed by atoms with van der Waals surface area (Å²) in [6, 6.07) is 8.44. The minimum Gasteiger partial charge on any atom is -0.465 e. The Kier molecular flexibility index (Phi) is 5.22. The van der Waals surface area contributed by atoms with Gasteiger partial charge in [0.25, 0.3) is 5.91 Å².